The van der Waals surface area contributed by atoms with Gasteiger partial charge in [0, 0.05) is 11.8 Å². The summed E-state index contributed by atoms with van der Waals surface area (Å²) in [6.45, 7) is 0. The van der Waals surface area contributed by atoms with Crippen molar-refractivity contribution in [1.82, 2.24) is 4.98 Å². The number of nitriles is 1. The first-order valence-electron chi connectivity index (χ1n) is 7.95. The molecule has 0 amide bonds. The zero-order valence-corrected chi connectivity index (χ0v) is 14.2. The van der Waals surface area contributed by atoms with Gasteiger partial charge in [-0.15, -0.1) is 11.3 Å². The molecule has 3 nitrogen and oxygen atoms in total. The molecule has 0 bridgehead atoms. The molecule has 0 N–H and O–H groups in total. The van der Waals surface area contributed by atoms with Crippen molar-refractivity contribution in [2.24, 2.45) is 0 Å². The lowest BCUT2D eigenvalue weighted by Gasteiger charge is -2.05. The molecule has 4 heteroatoms. The second-order valence-corrected chi connectivity index (χ2v) is 6.88. The number of methoxy groups -OCH3 is 1. The molecule has 1 heterocycles. The molecule has 24 heavy (non-hydrogen) atoms. The van der Waals surface area contributed by atoms with Gasteiger partial charge in [-0.05, 0) is 54.2 Å². The van der Waals surface area contributed by atoms with E-state index in [9.17, 15) is 5.26 Å². The van der Waals surface area contributed by atoms with Crippen LogP contribution in [0.25, 0.3) is 21.0 Å². The summed E-state index contributed by atoms with van der Waals surface area (Å²) in [6, 6.07) is 14.4. The second-order valence-electron chi connectivity index (χ2n) is 5.85. The Kier molecular flexibility index (Phi) is 3.79. The van der Waals surface area contributed by atoms with Crippen molar-refractivity contribution in [3.8, 4) is 32.8 Å². The second kappa shape index (κ2) is 6.10. The summed E-state index contributed by atoms with van der Waals surface area (Å²) in [5, 5.41) is 10.2. The first-order valence-corrected chi connectivity index (χ1v) is 8.77. The van der Waals surface area contributed by atoms with Crippen LogP contribution in [0.4, 0.5) is 0 Å². The first kappa shape index (κ1) is 14.9. The van der Waals surface area contributed by atoms with Gasteiger partial charge in [0.05, 0.1) is 17.6 Å². The Balaban J connectivity index is 1.74. The minimum absolute atomic E-state index is 0.535. The maximum absolute atomic E-state index is 9.26. The summed E-state index contributed by atoms with van der Waals surface area (Å²) in [5.41, 5.74) is 5.74. The number of hydrogen-bond acceptors (Lipinski definition) is 4. The van der Waals surface area contributed by atoms with Crippen LogP contribution in [-0.2, 0) is 12.8 Å². The van der Waals surface area contributed by atoms with Gasteiger partial charge >= 0.3 is 0 Å². The van der Waals surface area contributed by atoms with Crippen LogP contribution in [-0.4, -0.2) is 12.1 Å². The molecule has 1 aliphatic carbocycles. The zero-order chi connectivity index (χ0) is 16.5. The number of rotatable bonds is 3. The summed E-state index contributed by atoms with van der Waals surface area (Å²) < 4.78 is 5.21. The Hall–Kier alpha value is -2.64. The van der Waals surface area contributed by atoms with Crippen molar-refractivity contribution < 1.29 is 4.74 Å². The Morgan fingerprint density at radius 1 is 1.21 bits per heavy atom. The minimum atomic E-state index is 0.535. The normalized spacial score (nSPS) is 12.7. The fourth-order valence-electron chi connectivity index (χ4n) is 3.31. The van der Waals surface area contributed by atoms with E-state index in [0.29, 0.717) is 11.3 Å². The van der Waals surface area contributed by atoms with Crippen LogP contribution in [0.1, 0.15) is 23.1 Å². The molecule has 2 aromatic carbocycles. The maximum atomic E-state index is 9.26. The largest absolute Gasteiger partial charge is 0.495 e. The third-order valence-electron chi connectivity index (χ3n) is 4.48. The molecular weight excluding hydrogens is 316 g/mol. The third-order valence-corrected chi connectivity index (χ3v) is 5.56. The molecule has 4 rings (SSSR count). The SMILES string of the molecule is COc1ccc(-c2ncc(-c3cccc4c3CCC4)s2)cc1C#N. The number of aryl methyl sites for hydroxylation is 1. The van der Waals surface area contributed by atoms with E-state index in [1.165, 1.54) is 34.4 Å². The highest BCUT2D eigenvalue weighted by Gasteiger charge is 2.17. The number of aromatic nitrogens is 1. The summed E-state index contributed by atoms with van der Waals surface area (Å²) in [6.07, 6.45) is 5.52. The highest BCUT2D eigenvalue weighted by molar-refractivity contribution is 7.18. The molecule has 3 aromatic rings. The molecule has 0 aliphatic heterocycles. The van der Waals surface area contributed by atoms with Crippen LogP contribution in [0.2, 0.25) is 0 Å². The molecular formula is C20H16N2OS. The monoisotopic (exact) mass is 332 g/mol. The molecule has 0 atom stereocenters. The standard InChI is InChI=1S/C20H16N2OS/c1-23-18-9-8-14(10-15(18)11-21)20-22-12-19(24-20)17-7-3-5-13-4-2-6-16(13)17/h3,5,7-10,12H,2,4,6H2,1H3. The molecule has 0 saturated heterocycles. The lowest BCUT2D eigenvalue weighted by atomic mass is 10.0. The molecule has 1 aliphatic rings. The van der Waals surface area contributed by atoms with Gasteiger partial charge in [0.15, 0.2) is 0 Å². The molecule has 0 fully saturated rings. The smallest absolute Gasteiger partial charge is 0.136 e. The van der Waals surface area contributed by atoms with Crippen LogP contribution in [0.5, 0.6) is 5.75 Å². The van der Waals surface area contributed by atoms with Crippen molar-refractivity contribution in [1.29, 1.82) is 5.26 Å². The fraction of sp³-hybridized carbons (Fsp3) is 0.200. The van der Waals surface area contributed by atoms with E-state index in [0.717, 1.165) is 17.0 Å². The Bertz CT molecular complexity index is 953. The molecule has 1 aromatic heterocycles. The van der Waals surface area contributed by atoms with E-state index in [2.05, 4.69) is 29.3 Å². The fourth-order valence-corrected chi connectivity index (χ4v) is 4.28. The van der Waals surface area contributed by atoms with Gasteiger partial charge in [0.1, 0.15) is 16.8 Å². The van der Waals surface area contributed by atoms with Crippen molar-refractivity contribution in [2.75, 3.05) is 7.11 Å². The molecule has 0 saturated carbocycles. The van der Waals surface area contributed by atoms with E-state index in [4.69, 9.17) is 4.74 Å². The topological polar surface area (TPSA) is 45.9 Å². The van der Waals surface area contributed by atoms with Gasteiger partial charge in [-0.25, -0.2) is 4.98 Å². The predicted octanol–water partition coefficient (Wildman–Crippen LogP) is 4.85. The van der Waals surface area contributed by atoms with Crippen LogP contribution >= 0.6 is 11.3 Å². The Morgan fingerprint density at radius 2 is 2.12 bits per heavy atom. The van der Waals surface area contributed by atoms with Crippen LogP contribution in [0, 0.1) is 11.3 Å². The van der Waals surface area contributed by atoms with Crippen molar-refractivity contribution in [3.63, 3.8) is 0 Å². The van der Waals surface area contributed by atoms with E-state index in [1.54, 1.807) is 18.4 Å². The Morgan fingerprint density at radius 3 is 2.96 bits per heavy atom. The van der Waals surface area contributed by atoms with Gasteiger partial charge in [-0.3, -0.25) is 0 Å². The van der Waals surface area contributed by atoms with Gasteiger partial charge < -0.3 is 4.74 Å². The van der Waals surface area contributed by atoms with Crippen LogP contribution in [0.3, 0.4) is 0 Å². The number of benzene rings is 2. The molecule has 0 unspecified atom stereocenters. The summed E-state index contributed by atoms with van der Waals surface area (Å²) in [7, 11) is 1.58. The van der Waals surface area contributed by atoms with Crippen LogP contribution in [0.15, 0.2) is 42.6 Å². The lowest BCUT2D eigenvalue weighted by molar-refractivity contribution is 0.413. The number of thiazole rings is 1. The predicted molar refractivity (Wildman–Crippen MR) is 96.3 cm³/mol. The highest BCUT2D eigenvalue weighted by Crippen LogP contribution is 2.38. The third kappa shape index (κ3) is 2.47. The lowest BCUT2D eigenvalue weighted by Crippen LogP contribution is -1.88. The van der Waals surface area contributed by atoms with E-state index >= 15 is 0 Å². The number of fused-ring (bicyclic) bond motifs is 1. The number of ether oxygens (including phenoxy) is 1. The summed E-state index contributed by atoms with van der Waals surface area (Å²) >= 11 is 1.68. The molecule has 118 valence electrons. The van der Waals surface area contributed by atoms with Crippen molar-refractivity contribution >= 4 is 11.3 Å². The van der Waals surface area contributed by atoms with Gasteiger partial charge in [0.25, 0.3) is 0 Å². The first-order chi connectivity index (χ1) is 11.8. The maximum Gasteiger partial charge on any atom is 0.136 e. The molecule has 0 radical (unpaired) electrons. The van der Waals surface area contributed by atoms with Crippen LogP contribution < -0.4 is 4.74 Å². The average Bonchev–Trinajstić information content (AvgIpc) is 3.30. The van der Waals surface area contributed by atoms with E-state index in [1.807, 2.05) is 24.4 Å². The highest BCUT2D eigenvalue weighted by atomic mass is 32.1. The zero-order valence-electron chi connectivity index (χ0n) is 13.4. The van der Waals surface area contributed by atoms with Gasteiger partial charge in [-0.2, -0.15) is 5.26 Å². The number of hydrogen-bond donors (Lipinski definition) is 0. The summed E-state index contributed by atoms with van der Waals surface area (Å²) in [5.74, 6) is 0.596. The summed E-state index contributed by atoms with van der Waals surface area (Å²) in [4.78, 5) is 5.78. The Labute approximate surface area is 145 Å². The minimum Gasteiger partial charge on any atom is -0.495 e. The quantitative estimate of drug-likeness (QED) is 0.689. The van der Waals surface area contributed by atoms with E-state index in [-0.39, 0.29) is 0 Å². The van der Waals surface area contributed by atoms with E-state index < -0.39 is 0 Å². The van der Waals surface area contributed by atoms with Gasteiger partial charge in [-0.1, -0.05) is 18.2 Å². The average molecular weight is 332 g/mol. The van der Waals surface area contributed by atoms with Crippen molar-refractivity contribution in [2.45, 2.75) is 19.3 Å². The number of nitrogens with zero attached hydrogens (tertiary/aromatic N) is 2. The van der Waals surface area contributed by atoms with Crippen molar-refractivity contribution in [3.05, 3.63) is 59.3 Å². The molecule has 0 spiro atoms. The van der Waals surface area contributed by atoms with Gasteiger partial charge in [0.2, 0.25) is 0 Å².